The number of ether oxygens (including phenoxy) is 1. The second-order valence-corrected chi connectivity index (χ2v) is 12.0. The molecule has 1 saturated carbocycles. The number of nitrogens with zero attached hydrogens (tertiary/aromatic N) is 2. The summed E-state index contributed by atoms with van der Waals surface area (Å²) in [5.74, 6) is -1.48. The van der Waals surface area contributed by atoms with Crippen LogP contribution >= 0.6 is 22.6 Å². The second-order valence-electron chi connectivity index (χ2n) is 9.78. The summed E-state index contributed by atoms with van der Waals surface area (Å²) in [6.45, 7) is 11.2. The van der Waals surface area contributed by atoms with Crippen LogP contribution in [0.4, 0.5) is 8.78 Å². The number of carbonyl (C=O) groups excluding carboxylic acids is 1. The normalized spacial score (nSPS) is 31.6. The molecular formula is C24H28F2IN3O2. The molecule has 1 aliphatic carbocycles. The third kappa shape index (κ3) is 3.63. The summed E-state index contributed by atoms with van der Waals surface area (Å²) < 4.78 is 33.4. The van der Waals surface area contributed by atoms with Crippen molar-refractivity contribution < 1.29 is 18.3 Å². The molecule has 8 heteroatoms. The molecule has 0 aromatic heterocycles. The molecule has 2 heterocycles. The zero-order chi connectivity index (χ0) is 23.3. The average Bonchev–Trinajstić information content (AvgIpc) is 3.27. The van der Waals surface area contributed by atoms with Gasteiger partial charge >= 0.3 is 0 Å². The highest BCUT2D eigenvalue weighted by molar-refractivity contribution is 14.1. The van der Waals surface area contributed by atoms with Gasteiger partial charge in [0.05, 0.1) is 29.9 Å². The first-order chi connectivity index (χ1) is 15.0. The first kappa shape index (κ1) is 23.5. The largest absolute Gasteiger partial charge is 0.380 e. The van der Waals surface area contributed by atoms with E-state index in [-0.39, 0.29) is 28.5 Å². The molecule has 1 aromatic rings. The van der Waals surface area contributed by atoms with Crippen LogP contribution in [0.25, 0.3) is 5.70 Å². The van der Waals surface area contributed by atoms with Crippen LogP contribution in [0, 0.1) is 33.9 Å². The van der Waals surface area contributed by atoms with Gasteiger partial charge in [-0.2, -0.15) is 5.11 Å². The molecular weight excluding hydrogens is 527 g/mol. The molecule has 2 aliphatic heterocycles. The van der Waals surface area contributed by atoms with Gasteiger partial charge in [0, 0.05) is 21.9 Å². The van der Waals surface area contributed by atoms with Gasteiger partial charge in [-0.3, -0.25) is 4.79 Å². The van der Waals surface area contributed by atoms with E-state index in [1.165, 1.54) is 12.1 Å². The van der Waals surface area contributed by atoms with Gasteiger partial charge in [-0.25, -0.2) is 14.3 Å². The molecule has 1 spiro atoms. The number of halogens is 3. The van der Waals surface area contributed by atoms with Crippen LogP contribution in [-0.4, -0.2) is 40.5 Å². The van der Waals surface area contributed by atoms with Crippen molar-refractivity contribution in [1.82, 2.24) is 4.90 Å². The van der Waals surface area contributed by atoms with E-state index in [1.807, 2.05) is 11.8 Å². The Labute approximate surface area is 200 Å². The summed E-state index contributed by atoms with van der Waals surface area (Å²) in [7, 11) is 0. The quantitative estimate of drug-likeness (QED) is 0.218. The summed E-state index contributed by atoms with van der Waals surface area (Å²) in [6.07, 6.45) is 3.89. The van der Waals surface area contributed by atoms with Crippen molar-refractivity contribution in [3.8, 4) is 0 Å². The van der Waals surface area contributed by atoms with Crippen LogP contribution in [0.1, 0.15) is 38.7 Å². The maximum Gasteiger partial charge on any atom is 0.229 e. The predicted molar refractivity (Wildman–Crippen MR) is 126 cm³/mol. The van der Waals surface area contributed by atoms with Crippen molar-refractivity contribution in [2.24, 2.45) is 21.9 Å². The fourth-order valence-electron chi connectivity index (χ4n) is 5.45. The highest BCUT2D eigenvalue weighted by Crippen LogP contribution is 2.59. The van der Waals surface area contributed by atoms with Crippen molar-refractivity contribution in [3.63, 3.8) is 0 Å². The number of carbonyl (C=O) groups is 1. The SMILES string of the molecule is C=C(/C=C(\N=N)c1c(F)cccc1F)[C@H]1CC[C@](C)(C(=O)N2CCC3(COC3)C2)C1(C)I. The fraction of sp³-hybridized carbons (Fsp3) is 0.542. The molecule has 1 aromatic carbocycles. The van der Waals surface area contributed by atoms with Crippen LogP contribution < -0.4 is 0 Å². The molecule has 2 saturated heterocycles. The number of likely N-dealkylation sites (tertiary alicyclic amines) is 1. The Hall–Kier alpha value is -1.68. The summed E-state index contributed by atoms with van der Waals surface area (Å²) >= 11 is 2.35. The fourth-order valence-corrected chi connectivity index (χ4v) is 6.66. The highest BCUT2D eigenvalue weighted by Gasteiger charge is 2.60. The van der Waals surface area contributed by atoms with Gasteiger partial charge in [-0.15, -0.1) is 0 Å². The van der Waals surface area contributed by atoms with E-state index in [4.69, 9.17) is 10.3 Å². The minimum absolute atomic E-state index is 0.0905. The predicted octanol–water partition coefficient (Wildman–Crippen LogP) is 5.75. The lowest BCUT2D eigenvalue weighted by molar-refractivity contribution is -0.144. The number of benzene rings is 1. The molecule has 3 fully saturated rings. The van der Waals surface area contributed by atoms with Gasteiger partial charge in [-0.1, -0.05) is 35.2 Å². The minimum atomic E-state index is -0.772. The smallest absolute Gasteiger partial charge is 0.229 e. The van der Waals surface area contributed by atoms with Gasteiger partial charge < -0.3 is 9.64 Å². The van der Waals surface area contributed by atoms with Crippen LogP contribution in [0.5, 0.6) is 0 Å². The Kier molecular flexibility index (Phi) is 6.07. The van der Waals surface area contributed by atoms with Crippen LogP contribution in [-0.2, 0) is 9.53 Å². The van der Waals surface area contributed by atoms with Gasteiger partial charge in [0.1, 0.15) is 11.6 Å². The van der Waals surface area contributed by atoms with Crippen LogP contribution in [0.3, 0.4) is 0 Å². The zero-order valence-electron chi connectivity index (χ0n) is 18.4. The first-order valence-corrected chi connectivity index (χ1v) is 11.9. The molecule has 0 radical (unpaired) electrons. The molecule has 32 heavy (non-hydrogen) atoms. The van der Waals surface area contributed by atoms with Gasteiger partial charge in [0.15, 0.2) is 0 Å². The molecule has 4 rings (SSSR count). The van der Waals surface area contributed by atoms with Crippen molar-refractivity contribution in [3.05, 3.63) is 53.6 Å². The third-order valence-corrected chi connectivity index (χ3v) is 9.73. The first-order valence-electron chi connectivity index (χ1n) is 10.8. The standard InChI is InChI=1S/C24H28F2IN3O2/c1-15(11-19(29-28)20-17(25)5-4-6-18(20)26)16-7-8-22(2,23(16,3)27)21(31)30-10-9-24(12-30)13-32-14-24/h4-6,11,16,28H,1,7-10,12-14H2,2-3H3/b19-11-,29-28?/t16-,22-,23?/m1/s1. The average molecular weight is 555 g/mol. The third-order valence-electron chi connectivity index (χ3n) is 7.79. The molecule has 1 N–H and O–H groups in total. The summed E-state index contributed by atoms with van der Waals surface area (Å²) in [5, 5.41) is 3.39. The second kappa shape index (κ2) is 8.27. The maximum atomic E-state index is 14.3. The lowest BCUT2D eigenvalue weighted by Crippen LogP contribution is -2.52. The lowest BCUT2D eigenvalue weighted by Gasteiger charge is -2.42. The Balaban J connectivity index is 1.57. The van der Waals surface area contributed by atoms with Crippen molar-refractivity contribution in [2.45, 2.75) is 36.5 Å². The van der Waals surface area contributed by atoms with Crippen LogP contribution in [0.2, 0.25) is 0 Å². The zero-order valence-corrected chi connectivity index (χ0v) is 20.5. The van der Waals surface area contributed by atoms with Crippen molar-refractivity contribution in [2.75, 3.05) is 26.3 Å². The maximum absolute atomic E-state index is 14.3. The van der Waals surface area contributed by atoms with E-state index >= 15 is 0 Å². The molecule has 172 valence electrons. The monoisotopic (exact) mass is 555 g/mol. The number of amides is 1. The molecule has 1 unspecified atom stereocenters. The topological polar surface area (TPSA) is 65.8 Å². The van der Waals surface area contributed by atoms with E-state index < -0.39 is 20.5 Å². The van der Waals surface area contributed by atoms with E-state index in [1.54, 1.807) is 0 Å². The Morgan fingerprint density at radius 2 is 1.97 bits per heavy atom. The van der Waals surface area contributed by atoms with Gasteiger partial charge in [0.2, 0.25) is 5.91 Å². The van der Waals surface area contributed by atoms with Gasteiger partial charge in [-0.05, 0) is 62.8 Å². The lowest BCUT2D eigenvalue weighted by atomic mass is 9.75. The number of alkyl halides is 1. The Bertz CT molecular complexity index is 985. The van der Waals surface area contributed by atoms with E-state index in [2.05, 4.69) is 41.2 Å². The van der Waals surface area contributed by atoms with Gasteiger partial charge in [0.25, 0.3) is 0 Å². The molecule has 0 bridgehead atoms. The Morgan fingerprint density at radius 3 is 2.50 bits per heavy atom. The number of nitrogens with one attached hydrogen (secondary N) is 1. The van der Waals surface area contributed by atoms with Crippen LogP contribution in [0.15, 0.2) is 41.5 Å². The number of rotatable bonds is 5. The molecule has 5 nitrogen and oxygen atoms in total. The number of hydrogen-bond acceptors (Lipinski definition) is 4. The van der Waals surface area contributed by atoms with E-state index in [0.717, 1.165) is 51.3 Å². The van der Waals surface area contributed by atoms with E-state index in [9.17, 15) is 13.6 Å². The minimum Gasteiger partial charge on any atom is -0.380 e. The molecule has 3 atom stereocenters. The van der Waals surface area contributed by atoms with Crippen molar-refractivity contribution >= 4 is 34.2 Å². The summed E-state index contributed by atoms with van der Waals surface area (Å²) in [4.78, 5) is 15.6. The molecule has 3 aliphatic rings. The highest BCUT2D eigenvalue weighted by atomic mass is 127. The number of hydrogen-bond donors (Lipinski definition) is 1. The number of allylic oxidation sites excluding steroid dienone is 2. The van der Waals surface area contributed by atoms with E-state index in [0.29, 0.717) is 12.0 Å². The summed E-state index contributed by atoms with van der Waals surface area (Å²) in [5.41, 5.74) is 7.21. The van der Waals surface area contributed by atoms with Crippen molar-refractivity contribution in [1.29, 1.82) is 5.53 Å². The molecule has 1 amide bonds. The summed E-state index contributed by atoms with van der Waals surface area (Å²) in [6, 6.07) is 3.56. The Morgan fingerprint density at radius 1 is 1.31 bits per heavy atom.